The zero-order valence-corrected chi connectivity index (χ0v) is 20.2. The monoisotopic (exact) mass is 384 g/mol. The minimum Gasteiger partial charge on any atom is -0.677 e. The summed E-state index contributed by atoms with van der Waals surface area (Å²) < 4.78 is 0. The Balaban J connectivity index is -0.000000308. The van der Waals surface area contributed by atoms with Gasteiger partial charge in [-0.05, 0) is 0 Å². The van der Waals surface area contributed by atoms with E-state index in [1.54, 1.807) is 0 Å². The van der Waals surface area contributed by atoms with Crippen molar-refractivity contribution >= 4 is 9.52 Å². The Kier molecular flexibility index (Phi) is 26.0. The van der Waals surface area contributed by atoms with E-state index in [0.717, 1.165) is 15.9 Å². The molecule has 1 aliphatic rings. The second kappa shape index (κ2) is 21.4. The molecule has 0 saturated carbocycles. The molecular weight excluding hydrogens is 342 g/mol. The summed E-state index contributed by atoms with van der Waals surface area (Å²) >= 11 is 0. The summed E-state index contributed by atoms with van der Waals surface area (Å²) in [5.41, 5.74) is 11.2. The molecule has 1 atom stereocenters. The van der Waals surface area contributed by atoms with Gasteiger partial charge in [0.1, 0.15) is 0 Å². The van der Waals surface area contributed by atoms with Gasteiger partial charge in [-0.2, -0.15) is 17.7 Å². The van der Waals surface area contributed by atoms with Gasteiger partial charge in [0.25, 0.3) is 0 Å². The predicted molar refractivity (Wildman–Crippen MR) is 111 cm³/mol. The third kappa shape index (κ3) is 17.2. The maximum absolute atomic E-state index is 6.95. The van der Waals surface area contributed by atoms with Crippen molar-refractivity contribution in [2.75, 3.05) is 6.54 Å². The van der Waals surface area contributed by atoms with Crippen molar-refractivity contribution in [3.8, 4) is 0 Å². The standard InChI is InChI=1S/C10H22N.C9H13.C2H7Si.Ti/c1-2-3-4-5-6-7-8-9-10-11;1-6-5-7(2)9(4)8(6)3;1-3-2;/h11H,2-10H2,1H3;6H,1-4H3;3H,1-2H3;/q2*-1;;+2. The van der Waals surface area contributed by atoms with Crippen molar-refractivity contribution in [2.45, 2.75) is 99.1 Å². The van der Waals surface area contributed by atoms with E-state index in [2.05, 4.69) is 53.8 Å². The SMILES string of the molecule is CC1=[C-]C(C)C(C)=C1C.CCCCCCCCCC[NH-].C[SiH]C.[Ti+2]. The van der Waals surface area contributed by atoms with Gasteiger partial charge in [-0.1, -0.05) is 98.1 Å². The molecule has 0 aromatic rings. The molecule has 1 N–H and O–H groups in total. The van der Waals surface area contributed by atoms with Crippen molar-refractivity contribution in [3.05, 3.63) is 28.5 Å². The van der Waals surface area contributed by atoms with Gasteiger partial charge in [0.05, 0.1) is 0 Å². The van der Waals surface area contributed by atoms with Crippen LogP contribution >= 0.6 is 0 Å². The van der Waals surface area contributed by atoms with Crippen molar-refractivity contribution in [2.24, 2.45) is 5.92 Å². The number of hydrogen-bond donors (Lipinski definition) is 0. The summed E-state index contributed by atoms with van der Waals surface area (Å²) in [6.07, 6.45) is 14.0. The number of rotatable bonds is 8. The van der Waals surface area contributed by atoms with Gasteiger partial charge < -0.3 is 5.73 Å². The number of unbranched alkanes of at least 4 members (excludes halogenated alkanes) is 7. The zero-order valence-electron chi connectivity index (χ0n) is 17.5. The van der Waals surface area contributed by atoms with Crippen LogP contribution in [-0.2, 0) is 21.7 Å². The molecule has 0 heterocycles. The summed E-state index contributed by atoms with van der Waals surface area (Å²) in [5.74, 6) is 0.560. The van der Waals surface area contributed by atoms with E-state index in [-0.39, 0.29) is 21.7 Å². The van der Waals surface area contributed by atoms with Gasteiger partial charge in [0, 0.05) is 9.52 Å². The van der Waals surface area contributed by atoms with Crippen LogP contribution in [0.15, 0.2) is 16.7 Å². The molecule has 1 unspecified atom stereocenters. The molecule has 0 saturated heterocycles. The van der Waals surface area contributed by atoms with Gasteiger partial charge in [0.15, 0.2) is 0 Å². The second-order valence-corrected chi connectivity index (χ2v) is 7.76. The van der Waals surface area contributed by atoms with Crippen LogP contribution in [0.5, 0.6) is 0 Å². The molecule has 3 heteroatoms. The van der Waals surface area contributed by atoms with Crippen LogP contribution in [0.2, 0.25) is 13.1 Å². The van der Waals surface area contributed by atoms with Crippen LogP contribution in [0.3, 0.4) is 0 Å². The third-order valence-corrected chi connectivity index (χ3v) is 4.27. The molecule has 0 amide bonds. The molecule has 1 aliphatic carbocycles. The maximum atomic E-state index is 6.95. The normalized spacial score (nSPS) is 15.7. The Morgan fingerprint density at radius 2 is 1.33 bits per heavy atom. The smallest absolute Gasteiger partial charge is 0.677 e. The molecule has 24 heavy (non-hydrogen) atoms. The fourth-order valence-corrected chi connectivity index (χ4v) is 2.42. The van der Waals surface area contributed by atoms with Gasteiger partial charge in [-0.3, -0.25) is 6.08 Å². The molecule has 0 fully saturated rings. The first-order valence-corrected chi connectivity index (χ1v) is 11.9. The fraction of sp³-hybridized carbons (Fsp3) is 0.810. The number of nitrogens with one attached hydrogen (secondary N) is 1. The van der Waals surface area contributed by atoms with E-state index in [1.807, 2.05) is 0 Å². The molecule has 139 valence electrons. The summed E-state index contributed by atoms with van der Waals surface area (Å²) in [6.45, 7) is 16.0. The Labute approximate surface area is 171 Å². The van der Waals surface area contributed by atoms with Crippen molar-refractivity contribution in [3.63, 3.8) is 0 Å². The van der Waals surface area contributed by atoms with Crippen molar-refractivity contribution < 1.29 is 21.7 Å². The maximum Gasteiger partial charge on any atom is 2.00 e. The van der Waals surface area contributed by atoms with E-state index in [0.29, 0.717) is 12.5 Å². The number of hydrogen-bond acceptors (Lipinski definition) is 0. The average Bonchev–Trinajstić information content (AvgIpc) is 2.74. The summed E-state index contributed by atoms with van der Waals surface area (Å²) in [6, 6.07) is 0. The molecule has 0 aliphatic heterocycles. The first-order chi connectivity index (χ1) is 11.0. The molecule has 1 rings (SSSR count). The average molecular weight is 385 g/mol. The molecule has 0 bridgehead atoms. The summed E-state index contributed by atoms with van der Waals surface area (Å²) in [5, 5.41) is 0. The third-order valence-electron chi connectivity index (χ3n) is 4.27. The Morgan fingerprint density at radius 1 is 0.917 bits per heavy atom. The van der Waals surface area contributed by atoms with Crippen LogP contribution < -0.4 is 0 Å². The van der Waals surface area contributed by atoms with E-state index >= 15 is 0 Å². The fourth-order valence-electron chi connectivity index (χ4n) is 2.42. The van der Waals surface area contributed by atoms with E-state index in [9.17, 15) is 0 Å². The Hall–Kier alpha value is 0.371. The van der Waals surface area contributed by atoms with E-state index in [4.69, 9.17) is 5.73 Å². The summed E-state index contributed by atoms with van der Waals surface area (Å²) in [4.78, 5) is 0. The molecule has 1 radical (unpaired) electrons. The molecule has 0 aromatic heterocycles. The molecule has 1 nitrogen and oxygen atoms in total. The second-order valence-electron chi connectivity index (χ2n) is 6.60. The Bertz CT molecular complexity index is 316. The first-order valence-electron chi connectivity index (χ1n) is 9.62. The largest absolute Gasteiger partial charge is 2.00 e. The van der Waals surface area contributed by atoms with Crippen LogP contribution in [0.1, 0.15) is 86.0 Å². The van der Waals surface area contributed by atoms with E-state index < -0.39 is 0 Å². The van der Waals surface area contributed by atoms with Crippen LogP contribution in [0.4, 0.5) is 0 Å². The topological polar surface area (TPSA) is 23.8 Å². The van der Waals surface area contributed by atoms with Crippen molar-refractivity contribution in [1.29, 1.82) is 0 Å². The van der Waals surface area contributed by atoms with Crippen LogP contribution in [-0.4, -0.2) is 16.1 Å². The summed E-state index contributed by atoms with van der Waals surface area (Å²) in [7, 11) is 0.750. The first kappa shape index (κ1) is 29.1. The minimum atomic E-state index is 0. The minimum absolute atomic E-state index is 0. The Morgan fingerprint density at radius 3 is 1.58 bits per heavy atom. The zero-order chi connectivity index (χ0) is 18.1. The number of allylic oxidation sites excluding steroid dienone is 4. The molecular formula is C21H42NSiTi. The van der Waals surface area contributed by atoms with Gasteiger partial charge in [-0.25, -0.2) is 5.57 Å². The molecule has 0 aromatic carbocycles. The van der Waals surface area contributed by atoms with Gasteiger partial charge >= 0.3 is 21.7 Å². The van der Waals surface area contributed by atoms with Crippen LogP contribution in [0.25, 0.3) is 5.73 Å². The van der Waals surface area contributed by atoms with Crippen molar-refractivity contribution in [1.82, 2.24) is 0 Å². The van der Waals surface area contributed by atoms with Gasteiger partial charge in [0.2, 0.25) is 0 Å². The van der Waals surface area contributed by atoms with Gasteiger partial charge in [-0.15, -0.1) is 6.92 Å². The molecule has 0 spiro atoms. The van der Waals surface area contributed by atoms with E-state index in [1.165, 1.54) is 61.7 Å². The van der Waals surface area contributed by atoms with Crippen LogP contribution in [0, 0.1) is 12.0 Å². The predicted octanol–water partition coefficient (Wildman–Crippen LogP) is 7.42. The quantitative estimate of drug-likeness (QED) is 0.236.